The first-order valence-corrected chi connectivity index (χ1v) is 8.73. The van der Waals surface area contributed by atoms with Crippen molar-refractivity contribution in [3.05, 3.63) is 82.2 Å². The molecule has 1 heterocycles. The highest BCUT2D eigenvalue weighted by Crippen LogP contribution is 2.30. The van der Waals surface area contributed by atoms with E-state index in [9.17, 15) is 18.0 Å². The first-order chi connectivity index (χ1) is 13.1. The molecule has 0 aliphatic rings. The molecular weight excluding hydrogens is 367 g/mol. The van der Waals surface area contributed by atoms with Crippen LogP contribution in [0.3, 0.4) is 0 Å². The van der Waals surface area contributed by atoms with E-state index in [-0.39, 0.29) is 12.5 Å². The molecule has 3 rings (SSSR count). The number of hydrogen-bond acceptors (Lipinski definition) is 2. The quantitative estimate of drug-likeness (QED) is 0.675. The van der Waals surface area contributed by atoms with Crippen molar-refractivity contribution in [1.82, 2.24) is 9.78 Å². The molecule has 0 fully saturated rings. The van der Waals surface area contributed by atoms with Crippen molar-refractivity contribution in [2.45, 2.75) is 33.5 Å². The Bertz CT molecular complexity index is 1000. The number of benzene rings is 2. The van der Waals surface area contributed by atoms with Crippen LogP contribution in [0.15, 0.2) is 48.5 Å². The molecule has 7 heteroatoms. The van der Waals surface area contributed by atoms with Gasteiger partial charge in [-0.05, 0) is 50.6 Å². The van der Waals surface area contributed by atoms with Crippen LogP contribution in [0.2, 0.25) is 0 Å². The number of halogens is 3. The van der Waals surface area contributed by atoms with Gasteiger partial charge >= 0.3 is 6.18 Å². The smallest absolute Gasteiger partial charge is 0.319 e. The fraction of sp³-hybridized carbons (Fsp3) is 0.238. The molecule has 146 valence electrons. The Morgan fingerprint density at radius 3 is 2.39 bits per heavy atom. The number of carbonyl (C=O) groups excluding carboxylic acids is 1. The number of carbonyl (C=O) groups is 1. The summed E-state index contributed by atoms with van der Waals surface area (Å²) in [6.07, 6.45) is -4.39. The van der Waals surface area contributed by atoms with Gasteiger partial charge in [-0.3, -0.25) is 9.48 Å². The summed E-state index contributed by atoms with van der Waals surface area (Å²) in [5, 5.41) is 7.23. The number of hydrogen-bond donors (Lipinski definition) is 1. The number of amides is 1. The van der Waals surface area contributed by atoms with Gasteiger partial charge in [0, 0.05) is 5.56 Å². The maximum Gasteiger partial charge on any atom is 0.416 e. The van der Waals surface area contributed by atoms with Crippen LogP contribution in [0.4, 0.5) is 18.9 Å². The van der Waals surface area contributed by atoms with E-state index in [2.05, 4.69) is 10.4 Å². The van der Waals surface area contributed by atoms with Crippen molar-refractivity contribution in [1.29, 1.82) is 0 Å². The zero-order chi connectivity index (χ0) is 20.5. The molecule has 1 amide bonds. The van der Waals surface area contributed by atoms with Gasteiger partial charge in [-0.2, -0.15) is 18.3 Å². The average Bonchev–Trinajstić information content (AvgIpc) is 2.89. The molecule has 1 aromatic heterocycles. The molecule has 0 saturated heterocycles. The minimum absolute atomic E-state index is 0.178. The van der Waals surface area contributed by atoms with Crippen LogP contribution in [0.1, 0.15) is 38.4 Å². The van der Waals surface area contributed by atoms with Gasteiger partial charge in [0.2, 0.25) is 0 Å². The van der Waals surface area contributed by atoms with Crippen molar-refractivity contribution in [2.75, 3.05) is 5.32 Å². The topological polar surface area (TPSA) is 46.9 Å². The third-order valence-electron chi connectivity index (χ3n) is 4.52. The number of nitrogens with zero attached hydrogens (tertiary/aromatic N) is 2. The van der Waals surface area contributed by atoms with E-state index in [1.54, 1.807) is 36.7 Å². The third-order valence-corrected chi connectivity index (χ3v) is 4.52. The van der Waals surface area contributed by atoms with Crippen LogP contribution in [0.25, 0.3) is 0 Å². The molecule has 3 aromatic rings. The summed E-state index contributed by atoms with van der Waals surface area (Å²) in [5.41, 5.74) is 3.21. The largest absolute Gasteiger partial charge is 0.416 e. The Morgan fingerprint density at radius 1 is 1.07 bits per heavy atom. The predicted octanol–water partition coefficient (Wildman–Crippen LogP) is 5.13. The van der Waals surface area contributed by atoms with Gasteiger partial charge in [-0.1, -0.05) is 29.8 Å². The molecule has 0 atom stereocenters. The molecule has 0 spiro atoms. The molecule has 0 aliphatic carbocycles. The standard InChI is InChI=1S/C21H20F3N3O/c1-13-7-9-17(10-8-13)20(28)25-19-14(2)26-27(15(19)3)12-16-5-4-6-18(11-16)21(22,23)24/h4-11H,12H2,1-3H3,(H,25,28). The molecule has 1 N–H and O–H groups in total. The summed E-state index contributed by atoms with van der Waals surface area (Å²) in [5.74, 6) is -0.259. The highest BCUT2D eigenvalue weighted by atomic mass is 19.4. The van der Waals surface area contributed by atoms with Crippen LogP contribution in [-0.2, 0) is 12.7 Å². The molecule has 2 aromatic carbocycles. The Morgan fingerprint density at radius 2 is 1.75 bits per heavy atom. The van der Waals surface area contributed by atoms with Gasteiger partial charge in [-0.25, -0.2) is 0 Å². The Labute approximate surface area is 161 Å². The van der Waals surface area contributed by atoms with Crippen molar-refractivity contribution in [3.63, 3.8) is 0 Å². The Kier molecular flexibility index (Phi) is 5.27. The summed E-state index contributed by atoms with van der Waals surface area (Å²) >= 11 is 0. The van der Waals surface area contributed by atoms with Gasteiger partial charge in [0.1, 0.15) is 0 Å². The second-order valence-electron chi connectivity index (χ2n) is 6.72. The number of nitrogens with one attached hydrogen (secondary N) is 1. The van der Waals surface area contributed by atoms with Gasteiger partial charge in [-0.15, -0.1) is 0 Å². The van der Waals surface area contributed by atoms with Crippen molar-refractivity contribution in [3.8, 4) is 0 Å². The Hall–Kier alpha value is -3.09. The lowest BCUT2D eigenvalue weighted by Gasteiger charge is -2.10. The SMILES string of the molecule is Cc1ccc(C(=O)Nc2c(C)nn(Cc3cccc(C(F)(F)F)c3)c2C)cc1. The van der Waals surface area contributed by atoms with E-state index in [1.165, 1.54) is 6.07 Å². The normalized spacial score (nSPS) is 11.5. The summed E-state index contributed by atoms with van der Waals surface area (Å²) in [7, 11) is 0. The molecule has 4 nitrogen and oxygen atoms in total. The fourth-order valence-corrected chi connectivity index (χ4v) is 2.94. The second kappa shape index (κ2) is 7.50. The van der Waals surface area contributed by atoms with Crippen LogP contribution in [-0.4, -0.2) is 15.7 Å². The van der Waals surface area contributed by atoms with Crippen molar-refractivity contribution in [2.24, 2.45) is 0 Å². The lowest BCUT2D eigenvalue weighted by Crippen LogP contribution is -2.13. The van der Waals surface area contributed by atoms with Crippen LogP contribution < -0.4 is 5.32 Å². The molecule has 28 heavy (non-hydrogen) atoms. The number of aryl methyl sites for hydroxylation is 2. The van der Waals surface area contributed by atoms with E-state index in [1.807, 2.05) is 19.1 Å². The summed E-state index contributed by atoms with van der Waals surface area (Å²) < 4.78 is 40.3. The zero-order valence-electron chi connectivity index (χ0n) is 15.8. The fourth-order valence-electron chi connectivity index (χ4n) is 2.94. The molecule has 0 radical (unpaired) electrons. The first kappa shape index (κ1) is 19.7. The predicted molar refractivity (Wildman–Crippen MR) is 101 cm³/mol. The van der Waals surface area contributed by atoms with E-state index < -0.39 is 11.7 Å². The minimum atomic E-state index is -4.39. The lowest BCUT2D eigenvalue weighted by molar-refractivity contribution is -0.137. The van der Waals surface area contributed by atoms with Crippen molar-refractivity contribution < 1.29 is 18.0 Å². The zero-order valence-corrected chi connectivity index (χ0v) is 15.8. The van der Waals surface area contributed by atoms with Gasteiger partial charge in [0.05, 0.1) is 29.2 Å². The van der Waals surface area contributed by atoms with Crippen LogP contribution in [0, 0.1) is 20.8 Å². The number of aromatic nitrogens is 2. The van der Waals surface area contributed by atoms with Gasteiger partial charge < -0.3 is 5.32 Å². The van der Waals surface area contributed by atoms with Gasteiger partial charge in [0.15, 0.2) is 0 Å². The third kappa shape index (κ3) is 4.24. The maximum atomic E-state index is 12.9. The van der Waals surface area contributed by atoms with E-state index in [0.717, 1.165) is 17.7 Å². The summed E-state index contributed by atoms with van der Waals surface area (Å²) in [6, 6.07) is 12.3. The van der Waals surface area contributed by atoms with Crippen LogP contribution in [0.5, 0.6) is 0 Å². The van der Waals surface area contributed by atoms with E-state index in [4.69, 9.17) is 0 Å². The highest BCUT2D eigenvalue weighted by Gasteiger charge is 2.30. The van der Waals surface area contributed by atoms with Crippen molar-refractivity contribution >= 4 is 11.6 Å². The molecule has 0 unspecified atom stereocenters. The molecule has 0 saturated carbocycles. The highest BCUT2D eigenvalue weighted by molar-refractivity contribution is 6.04. The molecular formula is C21H20F3N3O. The average molecular weight is 387 g/mol. The number of alkyl halides is 3. The van der Waals surface area contributed by atoms with Gasteiger partial charge in [0.25, 0.3) is 5.91 Å². The molecule has 0 aliphatic heterocycles. The summed E-state index contributed by atoms with van der Waals surface area (Å²) in [6.45, 7) is 5.64. The number of rotatable bonds is 4. The van der Waals surface area contributed by atoms with Crippen LogP contribution >= 0.6 is 0 Å². The maximum absolute atomic E-state index is 12.9. The molecule has 0 bridgehead atoms. The van der Waals surface area contributed by atoms with E-state index >= 15 is 0 Å². The summed E-state index contributed by atoms with van der Waals surface area (Å²) in [4.78, 5) is 12.5. The lowest BCUT2D eigenvalue weighted by atomic mass is 10.1. The number of anilines is 1. The monoisotopic (exact) mass is 387 g/mol. The Balaban J connectivity index is 1.82. The van der Waals surface area contributed by atoms with E-state index in [0.29, 0.717) is 28.2 Å². The first-order valence-electron chi connectivity index (χ1n) is 8.73. The minimum Gasteiger partial charge on any atom is -0.319 e. The second-order valence-corrected chi connectivity index (χ2v) is 6.72.